The van der Waals surface area contributed by atoms with Gasteiger partial charge in [0.05, 0.1) is 12.4 Å². The minimum absolute atomic E-state index is 0.162. The van der Waals surface area contributed by atoms with Crippen molar-refractivity contribution in [1.82, 2.24) is 10.9 Å². The van der Waals surface area contributed by atoms with Gasteiger partial charge in [-0.2, -0.15) is 10.2 Å². The minimum Gasteiger partial charge on any atom is -0.489 e. The molecule has 0 bridgehead atoms. The summed E-state index contributed by atoms with van der Waals surface area (Å²) in [5, 5.41) is 8.05. The maximum absolute atomic E-state index is 12.1. The molecule has 0 saturated carbocycles. The molecule has 4 aromatic rings. The van der Waals surface area contributed by atoms with Crippen LogP contribution in [-0.2, 0) is 22.8 Å². The van der Waals surface area contributed by atoms with Gasteiger partial charge >= 0.3 is 0 Å². The summed E-state index contributed by atoms with van der Waals surface area (Å²) in [7, 11) is 0. The molecule has 43 heavy (non-hydrogen) atoms. The summed E-state index contributed by atoms with van der Waals surface area (Å²) in [6, 6.07) is 34.9. The van der Waals surface area contributed by atoms with Crippen molar-refractivity contribution in [3.8, 4) is 11.5 Å². The molecule has 0 saturated heterocycles. The van der Waals surface area contributed by atoms with Gasteiger partial charge in [-0.15, -0.1) is 0 Å². The zero-order valence-corrected chi connectivity index (χ0v) is 24.0. The van der Waals surface area contributed by atoms with Crippen LogP contribution in [0.3, 0.4) is 0 Å². The minimum atomic E-state index is -0.162. The fraction of sp³-hybridized carbons (Fsp3) is 0.200. The number of benzene rings is 4. The Bertz CT molecular complexity index is 1340. The molecule has 0 unspecified atom stereocenters. The largest absolute Gasteiger partial charge is 0.489 e. The molecule has 0 aliphatic carbocycles. The molecule has 0 aromatic heterocycles. The highest BCUT2D eigenvalue weighted by atomic mass is 16.5. The number of rotatable bonds is 16. The molecule has 0 radical (unpaired) electrons. The third kappa shape index (κ3) is 12.0. The predicted molar refractivity (Wildman–Crippen MR) is 169 cm³/mol. The number of amides is 2. The topological polar surface area (TPSA) is 101 Å². The Morgan fingerprint density at radius 1 is 0.535 bits per heavy atom. The van der Waals surface area contributed by atoms with Crippen molar-refractivity contribution in [3.05, 3.63) is 131 Å². The van der Waals surface area contributed by atoms with Gasteiger partial charge in [-0.1, -0.05) is 67.1 Å². The lowest BCUT2D eigenvalue weighted by Gasteiger charge is -2.06. The molecule has 0 aliphatic heterocycles. The Balaban J connectivity index is 1.03. The van der Waals surface area contributed by atoms with E-state index in [2.05, 4.69) is 21.1 Å². The molecular weight excluding hydrogens is 540 g/mol. The number of nitrogens with zero attached hydrogens (tertiary/aromatic N) is 2. The van der Waals surface area contributed by atoms with E-state index in [1.807, 2.05) is 109 Å². The van der Waals surface area contributed by atoms with Gasteiger partial charge in [0.2, 0.25) is 11.8 Å². The van der Waals surface area contributed by atoms with Crippen LogP contribution < -0.4 is 20.3 Å². The molecular formula is C35H36N4O4. The smallest absolute Gasteiger partial charge is 0.240 e. The first-order chi connectivity index (χ1) is 21.1. The second-order valence-electron chi connectivity index (χ2n) is 9.83. The van der Waals surface area contributed by atoms with E-state index in [-0.39, 0.29) is 11.8 Å². The van der Waals surface area contributed by atoms with E-state index in [1.165, 1.54) is 0 Å². The molecule has 220 valence electrons. The van der Waals surface area contributed by atoms with Crippen molar-refractivity contribution >= 4 is 24.2 Å². The number of ether oxygens (including phenoxy) is 2. The van der Waals surface area contributed by atoms with Crippen LogP contribution in [0.2, 0.25) is 0 Å². The van der Waals surface area contributed by atoms with E-state index >= 15 is 0 Å². The number of nitrogens with one attached hydrogen (secondary N) is 2. The zero-order valence-electron chi connectivity index (χ0n) is 24.0. The van der Waals surface area contributed by atoms with Crippen molar-refractivity contribution in [2.24, 2.45) is 10.2 Å². The molecule has 8 nitrogen and oxygen atoms in total. The number of unbranched alkanes of at least 4 members (excludes halogenated alkanes) is 2. The van der Waals surface area contributed by atoms with Gasteiger partial charge < -0.3 is 9.47 Å². The highest BCUT2D eigenvalue weighted by Gasteiger charge is 2.03. The molecule has 0 spiro atoms. The van der Waals surface area contributed by atoms with Crippen molar-refractivity contribution in [2.75, 3.05) is 0 Å². The standard InChI is InChI=1S/C35H36N4O4/c40-34(38-36-24-28-16-20-32(21-17-28)42-26-30-10-4-1-5-11-30)14-8-3-9-15-35(41)39-37-25-29-18-22-33(23-19-29)43-27-31-12-6-2-7-13-31/h1-2,4-7,10-13,16-25H,3,8-9,14-15,26-27H2,(H,38,40)(H,39,41). The summed E-state index contributed by atoms with van der Waals surface area (Å²) in [5.41, 5.74) is 9.01. The van der Waals surface area contributed by atoms with Crippen LogP contribution in [0.5, 0.6) is 11.5 Å². The lowest BCUT2D eigenvalue weighted by atomic mass is 10.1. The Morgan fingerprint density at radius 3 is 1.33 bits per heavy atom. The summed E-state index contributed by atoms with van der Waals surface area (Å²) in [5.74, 6) is 1.20. The lowest BCUT2D eigenvalue weighted by Crippen LogP contribution is -2.18. The van der Waals surface area contributed by atoms with Crippen LogP contribution in [0.1, 0.15) is 54.4 Å². The van der Waals surface area contributed by atoms with E-state index in [0.29, 0.717) is 38.9 Å². The van der Waals surface area contributed by atoms with E-state index in [1.54, 1.807) is 12.4 Å². The summed E-state index contributed by atoms with van der Waals surface area (Å²) in [6.07, 6.45) is 5.97. The monoisotopic (exact) mass is 576 g/mol. The molecule has 0 fully saturated rings. The Labute approximate surface area is 252 Å². The van der Waals surface area contributed by atoms with Gasteiger partial charge in [-0.3, -0.25) is 9.59 Å². The summed E-state index contributed by atoms with van der Waals surface area (Å²) < 4.78 is 11.6. The number of carbonyl (C=O) groups is 2. The normalized spacial score (nSPS) is 11.0. The van der Waals surface area contributed by atoms with Crippen LogP contribution in [0.4, 0.5) is 0 Å². The zero-order chi connectivity index (χ0) is 30.0. The van der Waals surface area contributed by atoms with E-state index in [9.17, 15) is 9.59 Å². The fourth-order valence-electron chi connectivity index (χ4n) is 4.00. The molecule has 0 atom stereocenters. The molecule has 4 aromatic carbocycles. The Morgan fingerprint density at radius 2 is 0.930 bits per heavy atom. The average Bonchev–Trinajstić information content (AvgIpc) is 3.05. The predicted octanol–water partition coefficient (Wildman–Crippen LogP) is 6.40. The number of carbonyl (C=O) groups excluding carboxylic acids is 2. The Kier molecular flexibility index (Phi) is 12.5. The van der Waals surface area contributed by atoms with E-state index in [0.717, 1.165) is 40.2 Å². The summed E-state index contributed by atoms with van der Waals surface area (Å²) in [4.78, 5) is 24.1. The molecule has 8 heteroatoms. The molecule has 2 amide bonds. The highest BCUT2D eigenvalue weighted by molar-refractivity contribution is 5.83. The van der Waals surface area contributed by atoms with Crippen LogP contribution >= 0.6 is 0 Å². The van der Waals surface area contributed by atoms with Crippen LogP contribution in [0.15, 0.2) is 119 Å². The lowest BCUT2D eigenvalue weighted by molar-refractivity contribution is -0.121. The van der Waals surface area contributed by atoms with Crippen LogP contribution in [0.25, 0.3) is 0 Å². The third-order valence-electron chi connectivity index (χ3n) is 6.37. The number of hydrogen-bond acceptors (Lipinski definition) is 6. The first-order valence-corrected chi connectivity index (χ1v) is 14.3. The second-order valence-corrected chi connectivity index (χ2v) is 9.83. The molecule has 0 aliphatic rings. The fourth-order valence-corrected chi connectivity index (χ4v) is 4.00. The maximum Gasteiger partial charge on any atom is 0.240 e. The van der Waals surface area contributed by atoms with E-state index < -0.39 is 0 Å². The van der Waals surface area contributed by atoms with Gasteiger partial charge in [0, 0.05) is 12.8 Å². The Hall–Kier alpha value is -5.24. The van der Waals surface area contributed by atoms with Gasteiger partial charge in [-0.25, -0.2) is 10.9 Å². The first-order valence-electron chi connectivity index (χ1n) is 14.3. The molecule has 0 heterocycles. The van der Waals surface area contributed by atoms with Crippen LogP contribution in [-0.4, -0.2) is 24.2 Å². The number of hydrogen-bond donors (Lipinski definition) is 2. The first kappa shape index (κ1) is 30.7. The maximum atomic E-state index is 12.1. The summed E-state index contributed by atoms with van der Waals surface area (Å²) in [6.45, 7) is 1.01. The number of hydrazone groups is 2. The highest BCUT2D eigenvalue weighted by Crippen LogP contribution is 2.15. The second kappa shape index (κ2) is 17.5. The van der Waals surface area contributed by atoms with Gasteiger partial charge in [0.1, 0.15) is 24.7 Å². The molecule has 2 N–H and O–H groups in total. The van der Waals surface area contributed by atoms with Crippen molar-refractivity contribution in [1.29, 1.82) is 0 Å². The van der Waals surface area contributed by atoms with Crippen LogP contribution in [0, 0.1) is 0 Å². The molecule has 4 rings (SSSR count). The van der Waals surface area contributed by atoms with Gasteiger partial charge in [0.15, 0.2) is 0 Å². The summed E-state index contributed by atoms with van der Waals surface area (Å²) >= 11 is 0. The quantitative estimate of drug-likeness (QED) is 0.0916. The SMILES string of the molecule is O=C(CCCCCC(=O)NN=Cc1ccc(OCc2ccccc2)cc1)NN=Cc1ccc(OCc2ccccc2)cc1. The van der Waals surface area contributed by atoms with E-state index in [4.69, 9.17) is 9.47 Å². The van der Waals surface area contributed by atoms with Crippen molar-refractivity contribution in [3.63, 3.8) is 0 Å². The van der Waals surface area contributed by atoms with Crippen molar-refractivity contribution in [2.45, 2.75) is 45.3 Å². The average molecular weight is 577 g/mol. The van der Waals surface area contributed by atoms with Crippen molar-refractivity contribution < 1.29 is 19.1 Å². The van der Waals surface area contributed by atoms with Gasteiger partial charge in [-0.05, 0) is 83.6 Å². The third-order valence-corrected chi connectivity index (χ3v) is 6.37. The van der Waals surface area contributed by atoms with Gasteiger partial charge in [0.25, 0.3) is 0 Å².